The summed E-state index contributed by atoms with van der Waals surface area (Å²) in [4.78, 5) is 2.31. The molecule has 0 bridgehead atoms. The molecular formula is C24H28N3O+. The fraction of sp³-hybridized carbons (Fsp3) is 0.333. The minimum atomic E-state index is 0.550. The van der Waals surface area contributed by atoms with Crippen LogP contribution in [0.2, 0.25) is 0 Å². The van der Waals surface area contributed by atoms with E-state index >= 15 is 0 Å². The minimum absolute atomic E-state index is 0.550. The highest BCUT2D eigenvalue weighted by Gasteiger charge is 2.19. The summed E-state index contributed by atoms with van der Waals surface area (Å²) in [6, 6.07) is 21.6. The Hall–Kier alpha value is -2.72. The first kappa shape index (κ1) is 18.6. The van der Waals surface area contributed by atoms with E-state index in [-0.39, 0.29) is 0 Å². The van der Waals surface area contributed by atoms with Crippen LogP contribution < -0.4 is 9.58 Å². The van der Waals surface area contributed by atoms with Crippen molar-refractivity contribution in [3.63, 3.8) is 0 Å². The maximum Gasteiger partial charge on any atom is 0.204 e. The molecule has 0 N–H and O–H groups in total. The summed E-state index contributed by atoms with van der Waals surface area (Å²) < 4.78 is 7.58. The van der Waals surface area contributed by atoms with Crippen LogP contribution >= 0.6 is 0 Å². The summed E-state index contributed by atoms with van der Waals surface area (Å²) in [5.74, 6) is 1.57. The maximum absolute atomic E-state index is 5.52. The van der Waals surface area contributed by atoms with Gasteiger partial charge in [-0.25, -0.2) is 0 Å². The molecule has 4 nitrogen and oxygen atoms in total. The lowest BCUT2D eigenvalue weighted by Crippen LogP contribution is -2.43. The van der Waals surface area contributed by atoms with E-state index in [0.29, 0.717) is 5.92 Å². The van der Waals surface area contributed by atoms with Crippen LogP contribution in [-0.2, 0) is 11.3 Å². The standard InChI is InChI=1S/C24H28N3O/c1-19(2)21-10-8-20(9-11-21)17-27-18-23(22-6-4-3-5-7-22)16-24(25-27)26-12-14-28-15-13-26/h3-11,16,18-19H,12-15,17H2,1-2H3/q+1. The van der Waals surface area contributed by atoms with Crippen molar-refractivity contribution in [2.24, 2.45) is 0 Å². The SMILES string of the molecule is CC(C)c1ccc(C[n+]2cc(-c3ccccc3)cc(N3CCOCC3)n2)cc1. The topological polar surface area (TPSA) is 29.2 Å². The van der Waals surface area contributed by atoms with Crippen molar-refractivity contribution < 1.29 is 9.42 Å². The zero-order chi connectivity index (χ0) is 19.3. The molecule has 1 saturated heterocycles. The van der Waals surface area contributed by atoms with Gasteiger partial charge >= 0.3 is 0 Å². The molecule has 1 fully saturated rings. The highest BCUT2D eigenvalue weighted by molar-refractivity contribution is 5.64. The summed E-state index contributed by atoms with van der Waals surface area (Å²) >= 11 is 0. The highest BCUT2D eigenvalue weighted by Crippen LogP contribution is 2.22. The van der Waals surface area contributed by atoms with Gasteiger partial charge in [0.05, 0.1) is 18.8 Å². The first-order chi connectivity index (χ1) is 13.7. The Kier molecular flexibility index (Phi) is 5.68. The van der Waals surface area contributed by atoms with Gasteiger partial charge in [0.15, 0.2) is 12.4 Å². The molecule has 2 aromatic carbocycles. The molecule has 4 heteroatoms. The van der Waals surface area contributed by atoms with E-state index in [0.717, 1.165) is 38.7 Å². The third-order valence-electron chi connectivity index (χ3n) is 5.24. The van der Waals surface area contributed by atoms with Gasteiger partial charge in [0, 0.05) is 29.8 Å². The van der Waals surface area contributed by atoms with Crippen LogP contribution in [0.25, 0.3) is 11.1 Å². The number of morpholine rings is 1. The van der Waals surface area contributed by atoms with E-state index in [2.05, 4.69) is 90.3 Å². The second kappa shape index (κ2) is 8.53. The van der Waals surface area contributed by atoms with Crippen LogP contribution in [0, 0.1) is 0 Å². The Morgan fingerprint density at radius 2 is 1.68 bits per heavy atom. The Morgan fingerprint density at radius 3 is 2.36 bits per heavy atom. The van der Waals surface area contributed by atoms with Crippen molar-refractivity contribution in [1.29, 1.82) is 0 Å². The molecule has 3 aromatic rings. The summed E-state index contributed by atoms with van der Waals surface area (Å²) in [7, 11) is 0. The fourth-order valence-electron chi connectivity index (χ4n) is 3.54. The van der Waals surface area contributed by atoms with Gasteiger partial charge in [0.25, 0.3) is 0 Å². The number of anilines is 1. The molecular weight excluding hydrogens is 346 g/mol. The van der Waals surface area contributed by atoms with Gasteiger partial charge in [-0.3, -0.25) is 0 Å². The van der Waals surface area contributed by atoms with Gasteiger partial charge in [-0.2, -0.15) is 0 Å². The molecule has 0 amide bonds. The molecule has 0 spiro atoms. The summed E-state index contributed by atoms with van der Waals surface area (Å²) in [6.45, 7) is 8.49. The van der Waals surface area contributed by atoms with Crippen LogP contribution in [0.3, 0.4) is 0 Å². The zero-order valence-corrected chi connectivity index (χ0v) is 16.7. The van der Waals surface area contributed by atoms with E-state index in [4.69, 9.17) is 9.84 Å². The van der Waals surface area contributed by atoms with Crippen molar-refractivity contribution in [3.8, 4) is 11.1 Å². The number of hydrogen-bond acceptors (Lipinski definition) is 3. The van der Waals surface area contributed by atoms with Gasteiger partial charge in [-0.1, -0.05) is 73.1 Å². The predicted molar refractivity (Wildman–Crippen MR) is 113 cm³/mol. The molecule has 28 heavy (non-hydrogen) atoms. The second-order valence-corrected chi connectivity index (χ2v) is 7.65. The van der Waals surface area contributed by atoms with Crippen molar-refractivity contribution >= 4 is 5.82 Å². The summed E-state index contributed by atoms with van der Waals surface area (Å²) in [5, 5.41) is 4.92. The molecule has 0 aliphatic carbocycles. The smallest absolute Gasteiger partial charge is 0.204 e. The molecule has 144 valence electrons. The van der Waals surface area contributed by atoms with E-state index in [9.17, 15) is 0 Å². The zero-order valence-electron chi connectivity index (χ0n) is 16.7. The summed E-state index contributed by atoms with van der Waals surface area (Å²) in [6.07, 6.45) is 2.15. The van der Waals surface area contributed by atoms with Gasteiger partial charge in [-0.05, 0) is 17.0 Å². The lowest BCUT2D eigenvalue weighted by atomic mass is 10.0. The monoisotopic (exact) mass is 374 g/mol. The van der Waals surface area contributed by atoms with E-state index in [1.165, 1.54) is 22.3 Å². The first-order valence-corrected chi connectivity index (χ1v) is 10.1. The molecule has 2 heterocycles. The van der Waals surface area contributed by atoms with Crippen LogP contribution in [0.15, 0.2) is 66.9 Å². The van der Waals surface area contributed by atoms with Crippen LogP contribution in [0.1, 0.15) is 30.9 Å². The molecule has 0 unspecified atom stereocenters. The number of rotatable bonds is 5. The fourth-order valence-corrected chi connectivity index (χ4v) is 3.54. The van der Waals surface area contributed by atoms with Gasteiger partial charge < -0.3 is 9.64 Å². The molecule has 1 aromatic heterocycles. The Bertz CT molecular complexity index is 901. The molecule has 1 aliphatic heterocycles. The summed E-state index contributed by atoms with van der Waals surface area (Å²) in [5.41, 5.74) is 5.04. The van der Waals surface area contributed by atoms with Crippen molar-refractivity contribution in [1.82, 2.24) is 5.10 Å². The third kappa shape index (κ3) is 4.39. The lowest BCUT2D eigenvalue weighted by molar-refractivity contribution is -0.744. The number of nitrogens with zero attached hydrogens (tertiary/aromatic N) is 3. The average molecular weight is 375 g/mol. The predicted octanol–water partition coefficient (Wildman–Crippen LogP) is 4.04. The molecule has 4 rings (SSSR count). The highest BCUT2D eigenvalue weighted by atomic mass is 16.5. The lowest BCUT2D eigenvalue weighted by Gasteiger charge is -2.26. The van der Waals surface area contributed by atoms with E-state index in [1.807, 2.05) is 0 Å². The molecule has 0 saturated carbocycles. The largest absolute Gasteiger partial charge is 0.378 e. The Morgan fingerprint density at radius 1 is 0.964 bits per heavy atom. The number of benzene rings is 2. The molecule has 0 atom stereocenters. The normalized spacial score (nSPS) is 14.5. The van der Waals surface area contributed by atoms with Gasteiger partial charge in [-0.15, -0.1) is 0 Å². The maximum atomic E-state index is 5.52. The van der Waals surface area contributed by atoms with Gasteiger partial charge in [0.2, 0.25) is 6.20 Å². The van der Waals surface area contributed by atoms with Crippen LogP contribution in [-0.4, -0.2) is 31.4 Å². The van der Waals surface area contributed by atoms with Crippen LogP contribution in [0.4, 0.5) is 5.82 Å². The molecule has 1 aliphatic rings. The van der Waals surface area contributed by atoms with Crippen molar-refractivity contribution in [2.45, 2.75) is 26.3 Å². The Labute approximate surface area is 167 Å². The van der Waals surface area contributed by atoms with Gasteiger partial charge in [0.1, 0.15) is 0 Å². The minimum Gasteiger partial charge on any atom is -0.378 e. The Balaban J connectivity index is 1.66. The number of aromatic nitrogens is 2. The van der Waals surface area contributed by atoms with E-state index in [1.54, 1.807) is 0 Å². The van der Waals surface area contributed by atoms with Crippen molar-refractivity contribution in [3.05, 3.63) is 78.0 Å². The second-order valence-electron chi connectivity index (χ2n) is 7.65. The average Bonchev–Trinajstić information content (AvgIpc) is 2.75. The van der Waals surface area contributed by atoms with Crippen molar-refractivity contribution in [2.75, 3.05) is 31.2 Å². The third-order valence-corrected chi connectivity index (χ3v) is 5.24. The first-order valence-electron chi connectivity index (χ1n) is 10.1. The quantitative estimate of drug-likeness (QED) is 0.631. The number of ether oxygens (including phenoxy) is 1. The van der Waals surface area contributed by atoms with Crippen LogP contribution in [0.5, 0.6) is 0 Å². The van der Waals surface area contributed by atoms with E-state index < -0.39 is 0 Å². The molecule has 0 radical (unpaired) electrons. The number of hydrogen-bond donors (Lipinski definition) is 0.